The zero-order valence-electron chi connectivity index (χ0n) is 22.9. The zero-order valence-corrected chi connectivity index (χ0v) is 22.9. The highest BCUT2D eigenvalue weighted by atomic mass is 16.6. The molecule has 4 rings (SSSR count). The molecule has 38 heavy (non-hydrogen) atoms. The number of esters is 1. The van der Waals surface area contributed by atoms with E-state index < -0.39 is 41.1 Å². The van der Waals surface area contributed by atoms with Crippen molar-refractivity contribution in [3.8, 4) is 0 Å². The highest BCUT2D eigenvalue weighted by molar-refractivity contribution is 6.05. The summed E-state index contributed by atoms with van der Waals surface area (Å²) < 4.78 is 12.3. The quantitative estimate of drug-likeness (QED) is 0.271. The lowest BCUT2D eigenvalue weighted by Gasteiger charge is -2.39. The van der Waals surface area contributed by atoms with Crippen LogP contribution in [0.5, 0.6) is 0 Å². The van der Waals surface area contributed by atoms with Gasteiger partial charge in [-0.25, -0.2) is 0 Å². The van der Waals surface area contributed by atoms with Crippen LogP contribution in [0.1, 0.15) is 50.7 Å². The van der Waals surface area contributed by atoms with Crippen molar-refractivity contribution in [1.29, 1.82) is 0 Å². The summed E-state index contributed by atoms with van der Waals surface area (Å²) in [6, 6.07) is 4.18. The second-order valence-corrected chi connectivity index (χ2v) is 11.1. The lowest BCUT2D eigenvalue weighted by molar-refractivity contribution is -0.160. The number of carbonyl (C=O) groups excluding carboxylic acids is 3. The van der Waals surface area contributed by atoms with Gasteiger partial charge in [0.1, 0.15) is 17.6 Å². The van der Waals surface area contributed by atoms with Crippen molar-refractivity contribution in [3.05, 3.63) is 54.6 Å². The van der Waals surface area contributed by atoms with E-state index in [0.717, 1.165) is 16.8 Å². The molecule has 1 aromatic rings. The van der Waals surface area contributed by atoms with Crippen LogP contribution in [-0.4, -0.2) is 70.8 Å². The van der Waals surface area contributed by atoms with E-state index in [1.807, 2.05) is 39.0 Å². The van der Waals surface area contributed by atoms with Crippen molar-refractivity contribution in [1.82, 2.24) is 4.90 Å². The Hall–Kier alpha value is -2.97. The highest BCUT2D eigenvalue weighted by Crippen LogP contribution is 2.63. The lowest BCUT2D eigenvalue weighted by Crippen LogP contribution is -2.58. The van der Waals surface area contributed by atoms with Crippen molar-refractivity contribution >= 4 is 23.5 Å². The first-order valence-corrected chi connectivity index (χ1v) is 13.5. The Bertz CT molecular complexity index is 1110. The van der Waals surface area contributed by atoms with E-state index in [1.165, 1.54) is 4.90 Å². The number of para-hydroxylation sites is 1. The second-order valence-electron chi connectivity index (χ2n) is 11.1. The van der Waals surface area contributed by atoms with Crippen molar-refractivity contribution in [3.63, 3.8) is 0 Å². The Morgan fingerprint density at radius 3 is 2.55 bits per heavy atom. The van der Waals surface area contributed by atoms with Gasteiger partial charge < -0.3 is 24.4 Å². The molecule has 3 fully saturated rings. The molecule has 1 spiro atoms. The van der Waals surface area contributed by atoms with Crippen LogP contribution in [0.4, 0.5) is 5.69 Å². The Morgan fingerprint density at radius 1 is 1.26 bits per heavy atom. The topological polar surface area (TPSA) is 96.4 Å². The van der Waals surface area contributed by atoms with E-state index in [9.17, 15) is 19.5 Å². The Morgan fingerprint density at radius 2 is 1.95 bits per heavy atom. The van der Waals surface area contributed by atoms with Gasteiger partial charge in [0.25, 0.3) is 5.91 Å². The van der Waals surface area contributed by atoms with Gasteiger partial charge in [-0.15, -0.1) is 13.2 Å². The van der Waals surface area contributed by atoms with E-state index in [-0.39, 0.29) is 31.6 Å². The molecule has 2 unspecified atom stereocenters. The zero-order chi connectivity index (χ0) is 27.8. The average Bonchev–Trinajstić information content (AvgIpc) is 3.45. The van der Waals surface area contributed by atoms with Gasteiger partial charge in [0, 0.05) is 12.2 Å². The number of fused-ring (bicyclic) bond motifs is 1. The molecule has 3 heterocycles. The van der Waals surface area contributed by atoms with E-state index in [4.69, 9.17) is 9.47 Å². The number of carbonyl (C=O) groups is 3. The molecule has 0 aliphatic carbocycles. The third-order valence-corrected chi connectivity index (χ3v) is 8.53. The van der Waals surface area contributed by atoms with Crippen LogP contribution in [-0.2, 0) is 23.9 Å². The number of rotatable bonds is 11. The normalized spacial score (nSPS) is 30.2. The van der Waals surface area contributed by atoms with Gasteiger partial charge in [-0.2, -0.15) is 0 Å². The summed E-state index contributed by atoms with van der Waals surface area (Å²) in [5.41, 5.74) is 0.505. The molecule has 2 bridgehead atoms. The fraction of sp³-hybridized carbons (Fsp3) is 0.567. The number of nitrogens with zero attached hydrogens (tertiary/aromatic N) is 2. The summed E-state index contributed by atoms with van der Waals surface area (Å²) in [5, 5.41) is 10.1. The van der Waals surface area contributed by atoms with Gasteiger partial charge in [-0.3, -0.25) is 14.4 Å². The predicted molar refractivity (Wildman–Crippen MR) is 144 cm³/mol. The molecular weight excluding hydrogens is 484 g/mol. The smallest absolute Gasteiger partial charge is 0.312 e. The van der Waals surface area contributed by atoms with Gasteiger partial charge in [0.2, 0.25) is 5.91 Å². The van der Waals surface area contributed by atoms with E-state index >= 15 is 0 Å². The molecule has 3 saturated heterocycles. The van der Waals surface area contributed by atoms with Gasteiger partial charge in [0.05, 0.1) is 30.8 Å². The molecule has 2 amide bonds. The van der Waals surface area contributed by atoms with Gasteiger partial charge in [0.15, 0.2) is 0 Å². The van der Waals surface area contributed by atoms with Crippen LogP contribution in [0, 0.1) is 25.7 Å². The largest absolute Gasteiger partial charge is 0.465 e. The Kier molecular flexibility index (Phi) is 7.86. The maximum Gasteiger partial charge on any atom is 0.312 e. The van der Waals surface area contributed by atoms with Crippen LogP contribution in [0.25, 0.3) is 0 Å². The van der Waals surface area contributed by atoms with E-state index in [1.54, 1.807) is 24.0 Å². The molecule has 0 aromatic heterocycles. The third kappa shape index (κ3) is 4.28. The molecular formula is C30H40N2O6. The number of benzene rings is 1. The predicted octanol–water partition coefficient (Wildman–Crippen LogP) is 3.48. The number of aryl methyl sites for hydroxylation is 2. The van der Waals surface area contributed by atoms with Crippen molar-refractivity contribution in [2.45, 2.75) is 76.7 Å². The molecule has 6 atom stereocenters. The number of hydrogen-bond acceptors (Lipinski definition) is 6. The molecule has 8 nitrogen and oxygen atoms in total. The van der Waals surface area contributed by atoms with Gasteiger partial charge >= 0.3 is 5.97 Å². The Labute approximate surface area is 225 Å². The average molecular weight is 525 g/mol. The first kappa shape index (κ1) is 28.0. The summed E-state index contributed by atoms with van der Waals surface area (Å²) in [5.74, 6) is -2.81. The maximum atomic E-state index is 14.6. The second kappa shape index (κ2) is 10.7. The lowest BCUT2D eigenvalue weighted by atomic mass is 9.66. The van der Waals surface area contributed by atoms with Crippen LogP contribution in [0.15, 0.2) is 43.5 Å². The molecule has 206 valence electrons. The first-order valence-electron chi connectivity index (χ1n) is 13.5. The van der Waals surface area contributed by atoms with Crippen LogP contribution >= 0.6 is 0 Å². The minimum atomic E-state index is -1.19. The molecule has 1 aromatic carbocycles. The number of hydrogen-bond donors (Lipinski definition) is 1. The monoisotopic (exact) mass is 524 g/mol. The van der Waals surface area contributed by atoms with E-state index in [0.29, 0.717) is 25.7 Å². The number of aliphatic hydroxyl groups is 1. The molecule has 3 aliphatic heterocycles. The number of likely N-dealkylation sites (tertiary alicyclic amines) is 1. The van der Waals surface area contributed by atoms with E-state index in [2.05, 4.69) is 13.2 Å². The highest BCUT2D eigenvalue weighted by Gasteiger charge is 2.79. The van der Waals surface area contributed by atoms with Gasteiger partial charge in [-0.05, 0) is 64.5 Å². The molecule has 1 N–H and O–H groups in total. The minimum absolute atomic E-state index is 0.226. The number of aliphatic hydroxyl groups excluding tert-OH is 1. The number of ether oxygens (including phenoxy) is 2. The molecule has 8 heteroatoms. The summed E-state index contributed by atoms with van der Waals surface area (Å²) >= 11 is 0. The minimum Gasteiger partial charge on any atom is -0.465 e. The molecule has 0 saturated carbocycles. The molecule has 3 aliphatic rings. The SMILES string of the molecule is C=CCCCOC(=O)[C@H]1[C@H]2C(=O)N([C@H](C)CO)C(C(=O)N(CC=C)c3c(C)cccc3C)C23CC[C@]1(C)O3. The van der Waals surface area contributed by atoms with Crippen molar-refractivity contribution < 1.29 is 29.0 Å². The summed E-state index contributed by atoms with van der Waals surface area (Å²) in [6.45, 7) is 15.1. The number of anilines is 1. The molecule has 0 radical (unpaired) electrons. The fourth-order valence-electron chi connectivity index (χ4n) is 6.85. The Balaban J connectivity index is 1.78. The van der Waals surface area contributed by atoms with Gasteiger partial charge in [-0.1, -0.05) is 30.4 Å². The number of unbranched alkanes of at least 4 members (excludes halogenated alkanes) is 1. The first-order chi connectivity index (χ1) is 18.1. The summed E-state index contributed by atoms with van der Waals surface area (Å²) in [4.78, 5) is 45.2. The number of allylic oxidation sites excluding steroid dienone is 1. The number of amides is 2. The van der Waals surface area contributed by atoms with Crippen molar-refractivity contribution in [2.75, 3.05) is 24.7 Å². The standard InChI is InChI=1S/C30H40N2O6/c1-7-9-10-17-37-28(36)23-22-26(34)32(21(5)18-33)25(30(22)15-14-29(23,6)38-30)27(35)31(16-8-2)24-19(3)12-11-13-20(24)4/h7-8,11-13,21-23,25,33H,1-2,9-10,14-18H2,3-6H3/t21-,22+,23-,25?,29+,30?/m1/s1. The van der Waals surface area contributed by atoms with Crippen molar-refractivity contribution in [2.24, 2.45) is 11.8 Å². The fourth-order valence-corrected chi connectivity index (χ4v) is 6.85. The summed E-state index contributed by atoms with van der Waals surface area (Å²) in [7, 11) is 0. The van der Waals surface area contributed by atoms with Crippen LogP contribution < -0.4 is 4.90 Å². The summed E-state index contributed by atoms with van der Waals surface area (Å²) in [6.07, 6.45) is 5.77. The third-order valence-electron chi connectivity index (χ3n) is 8.53. The van der Waals surface area contributed by atoms with Crippen LogP contribution in [0.2, 0.25) is 0 Å². The maximum absolute atomic E-state index is 14.6. The van der Waals surface area contributed by atoms with Crippen LogP contribution in [0.3, 0.4) is 0 Å².